The highest BCUT2D eigenvalue weighted by Gasteiger charge is 2.63. The number of benzene rings is 1. The Hall–Kier alpha value is -1.57. The molecule has 1 aromatic carbocycles. The number of fused-ring (bicyclic) bond motifs is 2. The molecule has 0 radical (unpaired) electrons. The second-order valence-electron chi connectivity index (χ2n) is 10.7. The van der Waals surface area contributed by atoms with Crippen LogP contribution in [0.3, 0.4) is 0 Å². The van der Waals surface area contributed by atoms with Crippen LogP contribution in [0, 0.1) is 16.7 Å². The average Bonchev–Trinajstić information content (AvgIpc) is 3.07. The molecule has 1 aromatic rings. The van der Waals surface area contributed by atoms with Crippen LogP contribution in [0.2, 0.25) is 0 Å². The van der Waals surface area contributed by atoms with Crippen molar-refractivity contribution in [2.45, 2.75) is 105 Å². The number of unbranched alkanes of at least 4 members (excludes halogenated alkanes) is 9. The van der Waals surface area contributed by atoms with Crippen LogP contribution in [0.4, 0.5) is 0 Å². The number of carbonyl (C=O) groups is 1. The Morgan fingerprint density at radius 1 is 0.903 bits per heavy atom. The molecule has 31 heavy (non-hydrogen) atoms. The predicted molar refractivity (Wildman–Crippen MR) is 131 cm³/mol. The van der Waals surface area contributed by atoms with E-state index in [1.54, 1.807) is 0 Å². The normalized spacial score (nSPS) is 25.5. The summed E-state index contributed by atoms with van der Waals surface area (Å²) in [4.78, 5) is 13.0. The summed E-state index contributed by atoms with van der Waals surface area (Å²) in [5.41, 5.74) is 2.05. The van der Waals surface area contributed by atoms with Gasteiger partial charge in [-0.3, -0.25) is 4.79 Å². The first-order valence-corrected chi connectivity index (χ1v) is 12.9. The molecule has 172 valence electrons. The fourth-order valence-corrected chi connectivity index (χ4v) is 5.71. The van der Waals surface area contributed by atoms with E-state index in [1.807, 2.05) is 12.1 Å². The van der Waals surface area contributed by atoms with Crippen molar-refractivity contribution in [3.63, 3.8) is 0 Å². The van der Waals surface area contributed by atoms with E-state index in [-0.39, 0.29) is 10.8 Å². The van der Waals surface area contributed by atoms with Gasteiger partial charge in [-0.2, -0.15) is 0 Å². The lowest BCUT2D eigenvalue weighted by atomic mass is 9.70. The zero-order valence-electron chi connectivity index (χ0n) is 20.5. The first-order valence-electron chi connectivity index (χ1n) is 12.9. The lowest BCUT2D eigenvalue weighted by molar-refractivity contribution is -0.125. The van der Waals surface area contributed by atoms with Crippen LogP contribution in [0.1, 0.15) is 110 Å². The lowest BCUT2D eigenvalue weighted by Gasteiger charge is -2.31. The minimum atomic E-state index is -0.179. The zero-order chi connectivity index (χ0) is 22.3. The molecule has 0 spiro atoms. The van der Waals surface area contributed by atoms with Crippen LogP contribution >= 0.6 is 0 Å². The Morgan fingerprint density at radius 3 is 2.03 bits per heavy atom. The molecule has 0 heterocycles. The Balaban J connectivity index is 1.36. The lowest BCUT2D eigenvalue weighted by Crippen LogP contribution is -2.32. The number of carbonyl (C=O) groups excluding carboxylic acids is 1. The summed E-state index contributed by atoms with van der Waals surface area (Å²) < 4.78 is 5.93. The quantitative estimate of drug-likeness (QED) is 0.235. The van der Waals surface area contributed by atoms with Gasteiger partial charge in [-0.15, -0.1) is 0 Å². The second-order valence-corrected chi connectivity index (χ2v) is 10.7. The van der Waals surface area contributed by atoms with Crippen LogP contribution in [-0.4, -0.2) is 12.4 Å². The molecule has 2 atom stereocenters. The average molecular weight is 425 g/mol. The Kier molecular flexibility index (Phi) is 8.42. The topological polar surface area (TPSA) is 26.3 Å². The van der Waals surface area contributed by atoms with Gasteiger partial charge in [0, 0.05) is 5.41 Å². The van der Waals surface area contributed by atoms with E-state index < -0.39 is 0 Å². The molecule has 2 bridgehead atoms. The first-order chi connectivity index (χ1) is 14.9. The van der Waals surface area contributed by atoms with E-state index in [9.17, 15) is 4.79 Å². The zero-order valence-corrected chi connectivity index (χ0v) is 20.5. The van der Waals surface area contributed by atoms with Crippen molar-refractivity contribution in [3.8, 4) is 5.75 Å². The van der Waals surface area contributed by atoms with Crippen molar-refractivity contribution >= 4 is 11.9 Å². The van der Waals surface area contributed by atoms with Crippen molar-refractivity contribution in [2.75, 3.05) is 6.61 Å². The fraction of sp³-hybridized carbons (Fsp3) is 0.690. The van der Waals surface area contributed by atoms with Gasteiger partial charge in [-0.1, -0.05) is 97.6 Å². The summed E-state index contributed by atoms with van der Waals surface area (Å²) in [6.07, 6.45) is 17.7. The minimum absolute atomic E-state index is 0.0774. The smallest absolute Gasteiger partial charge is 0.165 e. The Labute approximate surface area is 190 Å². The van der Waals surface area contributed by atoms with E-state index in [0.29, 0.717) is 11.7 Å². The molecule has 2 aliphatic carbocycles. The molecule has 2 heteroatoms. The van der Waals surface area contributed by atoms with Crippen molar-refractivity contribution in [2.24, 2.45) is 16.7 Å². The maximum atomic E-state index is 13.0. The van der Waals surface area contributed by atoms with Gasteiger partial charge in [0.25, 0.3) is 0 Å². The molecule has 2 fully saturated rings. The number of rotatable bonds is 13. The third kappa shape index (κ3) is 5.44. The number of hydrogen-bond donors (Lipinski definition) is 0. The summed E-state index contributed by atoms with van der Waals surface area (Å²) >= 11 is 0. The molecule has 2 aliphatic rings. The van der Waals surface area contributed by atoms with Gasteiger partial charge in [-0.25, -0.2) is 0 Å². The van der Waals surface area contributed by atoms with Crippen molar-refractivity contribution < 1.29 is 9.53 Å². The predicted octanol–water partition coefficient (Wildman–Crippen LogP) is 8.39. The molecular weight excluding hydrogens is 380 g/mol. The summed E-state index contributed by atoms with van der Waals surface area (Å²) in [7, 11) is 0. The van der Waals surface area contributed by atoms with Gasteiger partial charge in [0.1, 0.15) is 5.75 Å². The van der Waals surface area contributed by atoms with Gasteiger partial charge in [-0.05, 0) is 59.9 Å². The molecular formula is C29H44O2. The van der Waals surface area contributed by atoms with Gasteiger partial charge in [0.2, 0.25) is 0 Å². The fourth-order valence-electron chi connectivity index (χ4n) is 5.71. The minimum Gasteiger partial charge on any atom is -0.494 e. The number of allylic oxidation sites excluding steroid dienone is 1. The Morgan fingerprint density at radius 2 is 1.48 bits per heavy atom. The standard InChI is InChI=1S/C29H44O2/c1-5-6-7-8-9-10-11-12-13-14-21-31-24-17-15-23(16-18-24)22-25-26-19-20-29(4,27(25)30)28(26,2)3/h15-18,22,26H,5-14,19-21H2,1-4H3. The summed E-state index contributed by atoms with van der Waals surface area (Å²) in [6.45, 7) is 9.78. The van der Waals surface area contributed by atoms with Crippen LogP contribution in [0.15, 0.2) is 29.8 Å². The summed E-state index contributed by atoms with van der Waals surface area (Å²) in [5.74, 6) is 1.71. The molecule has 0 aliphatic heterocycles. The van der Waals surface area contributed by atoms with Gasteiger partial charge < -0.3 is 4.74 Å². The highest BCUT2D eigenvalue weighted by Crippen LogP contribution is 2.65. The van der Waals surface area contributed by atoms with E-state index in [1.165, 1.54) is 57.8 Å². The molecule has 0 N–H and O–H groups in total. The number of hydrogen-bond acceptors (Lipinski definition) is 2. The van der Waals surface area contributed by atoms with E-state index in [0.717, 1.165) is 42.8 Å². The third-order valence-corrected chi connectivity index (χ3v) is 8.33. The van der Waals surface area contributed by atoms with E-state index in [4.69, 9.17) is 4.74 Å². The second kappa shape index (κ2) is 10.8. The van der Waals surface area contributed by atoms with Gasteiger partial charge in [0.05, 0.1) is 6.61 Å². The molecule has 0 aromatic heterocycles. The van der Waals surface area contributed by atoms with Crippen molar-refractivity contribution in [1.82, 2.24) is 0 Å². The number of ketones is 1. The SMILES string of the molecule is CCCCCCCCCCCCOc1ccc(C=C2C(=O)C3(C)CCC2C3(C)C)cc1. The van der Waals surface area contributed by atoms with Crippen LogP contribution in [0.25, 0.3) is 6.08 Å². The number of Topliss-reactive ketones (excluding diaryl/α,β-unsaturated/α-hetero) is 1. The third-order valence-electron chi connectivity index (χ3n) is 8.33. The maximum Gasteiger partial charge on any atom is 0.165 e. The molecule has 2 saturated carbocycles. The molecule has 0 amide bonds. The highest BCUT2D eigenvalue weighted by molar-refractivity contribution is 6.07. The monoisotopic (exact) mass is 424 g/mol. The highest BCUT2D eigenvalue weighted by atomic mass is 16.5. The van der Waals surface area contributed by atoms with Gasteiger partial charge >= 0.3 is 0 Å². The maximum absolute atomic E-state index is 13.0. The van der Waals surface area contributed by atoms with Crippen LogP contribution in [-0.2, 0) is 4.79 Å². The van der Waals surface area contributed by atoms with E-state index >= 15 is 0 Å². The molecule has 0 saturated heterocycles. The summed E-state index contributed by atoms with van der Waals surface area (Å²) in [5, 5.41) is 0. The van der Waals surface area contributed by atoms with Gasteiger partial charge in [0.15, 0.2) is 5.78 Å². The van der Waals surface area contributed by atoms with Crippen molar-refractivity contribution in [1.29, 1.82) is 0 Å². The largest absolute Gasteiger partial charge is 0.494 e. The van der Waals surface area contributed by atoms with E-state index in [2.05, 4.69) is 45.9 Å². The van der Waals surface area contributed by atoms with Crippen molar-refractivity contribution in [3.05, 3.63) is 35.4 Å². The number of ether oxygens (including phenoxy) is 1. The first kappa shape index (κ1) is 24.1. The molecule has 2 unspecified atom stereocenters. The molecule has 2 nitrogen and oxygen atoms in total. The van der Waals surface area contributed by atoms with Crippen LogP contribution < -0.4 is 4.74 Å². The summed E-state index contributed by atoms with van der Waals surface area (Å²) in [6, 6.07) is 8.28. The van der Waals surface area contributed by atoms with Crippen LogP contribution in [0.5, 0.6) is 5.75 Å². The molecule has 3 rings (SSSR count). The Bertz CT molecular complexity index is 743.